The van der Waals surface area contributed by atoms with Gasteiger partial charge < -0.3 is 19.7 Å². The van der Waals surface area contributed by atoms with E-state index in [0.29, 0.717) is 13.2 Å². The van der Waals surface area contributed by atoms with Crippen LogP contribution in [0.15, 0.2) is 0 Å². The number of methoxy groups -OCH3 is 2. The molecule has 116 valence electrons. The average molecular weight is 286 g/mol. The number of hydrogen-bond acceptors (Lipinski definition) is 4. The predicted molar refractivity (Wildman–Crippen MR) is 75.2 cm³/mol. The minimum Gasteiger partial charge on any atom is -0.382 e. The van der Waals surface area contributed by atoms with Crippen LogP contribution in [0.1, 0.15) is 27.7 Å². The topological polar surface area (TPSA) is 67.9 Å². The fraction of sp³-hybridized carbons (Fsp3) is 0.857. The third-order valence-electron chi connectivity index (χ3n) is 3.55. The van der Waals surface area contributed by atoms with E-state index in [1.807, 2.05) is 13.8 Å². The maximum absolute atomic E-state index is 12.6. The number of rotatable bonds is 6. The molecule has 1 aliphatic rings. The number of piperazine rings is 1. The molecule has 20 heavy (non-hydrogen) atoms. The molecule has 0 aromatic heterocycles. The summed E-state index contributed by atoms with van der Waals surface area (Å²) in [6.45, 7) is 8.03. The standard InChI is InChI=1S/C14H26N2O4/c1-9(2)11-12(17)15-14(3,4)13(18)16(11)7-10(20-6)8-19-5/h9-11H,7-8H2,1-6H3,(H,15,17). The van der Waals surface area contributed by atoms with E-state index in [4.69, 9.17) is 9.47 Å². The molecule has 1 fully saturated rings. The summed E-state index contributed by atoms with van der Waals surface area (Å²) >= 11 is 0. The summed E-state index contributed by atoms with van der Waals surface area (Å²) in [5.41, 5.74) is -0.881. The molecule has 0 aromatic rings. The van der Waals surface area contributed by atoms with Gasteiger partial charge in [-0.3, -0.25) is 9.59 Å². The van der Waals surface area contributed by atoms with Crippen molar-refractivity contribution in [2.45, 2.75) is 45.4 Å². The second kappa shape index (κ2) is 6.54. The van der Waals surface area contributed by atoms with Crippen molar-refractivity contribution in [3.8, 4) is 0 Å². The minimum atomic E-state index is -0.881. The maximum Gasteiger partial charge on any atom is 0.248 e. The molecule has 2 atom stereocenters. The first kappa shape index (κ1) is 16.9. The van der Waals surface area contributed by atoms with Crippen molar-refractivity contribution in [1.29, 1.82) is 0 Å². The number of nitrogens with zero attached hydrogens (tertiary/aromatic N) is 1. The first-order valence-corrected chi connectivity index (χ1v) is 6.89. The molecule has 0 aromatic carbocycles. The van der Waals surface area contributed by atoms with Crippen LogP contribution in [-0.2, 0) is 19.1 Å². The highest BCUT2D eigenvalue weighted by atomic mass is 16.5. The van der Waals surface area contributed by atoms with Crippen LogP contribution >= 0.6 is 0 Å². The molecule has 0 spiro atoms. The van der Waals surface area contributed by atoms with Crippen LogP contribution in [0, 0.1) is 5.92 Å². The van der Waals surface area contributed by atoms with Gasteiger partial charge in [-0.2, -0.15) is 0 Å². The molecule has 1 heterocycles. The molecule has 6 nitrogen and oxygen atoms in total. The zero-order valence-corrected chi connectivity index (χ0v) is 13.2. The van der Waals surface area contributed by atoms with Gasteiger partial charge in [-0.1, -0.05) is 13.8 Å². The third-order valence-corrected chi connectivity index (χ3v) is 3.55. The van der Waals surface area contributed by atoms with Crippen molar-refractivity contribution in [2.75, 3.05) is 27.4 Å². The SMILES string of the molecule is COCC(CN1C(=O)C(C)(C)NC(=O)C1C(C)C)OC. The summed E-state index contributed by atoms with van der Waals surface area (Å²) in [5, 5.41) is 2.79. The average Bonchev–Trinajstić information content (AvgIpc) is 2.33. The Morgan fingerprint density at radius 1 is 1.30 bits per heavy atom. The summed E-state index contributed by atoms with van der Waals surface area (Å²) in [6, 6.07) is -0.468. The number of nitrogens with one attached hydrogen (secondary N) is 1. The van der Waals surface area contributed by atoms with E-state index in [1.165, 1.54) is 0 Å². The third kappa shape index (κ3) is 3.49. The first-order chi connectivity index (χ1) is 9.24. The number of ether oxygens (including phenoxy) is 2. The fourth-order valence-electron chi connectivity index (χ4n) is 2.52. The molecule has 0 aliphatic carbocycles. The number of carbonyl (C=O) groups excluding carboxylic acids is 2. The van der Waals surface area contributed by atoms with Gasteiger partial charge in [0, 0.05) is 14.2 Å². The van der Waals surface area contributed by atoms with Gasteiger partial charge in [-0.15, -0.1) is 0 Å². The van der Waals surface area contributed by atoms with Crippen LogP contribution in [0.2, 0.25) is 0 Å². The Bertz CT molecular complexity index is 368. The van der Waals surface area contributed by atoms with E-state index in [-0.39, 0.29) is 23.8 Å². The Labute approximate surface area is 120 Å². The van der Waals surface area contributed by atoms with Gasteiger partial charge in [-0.05, 0) is 19.8 Å². The highest BCUT2D eigenvalue weighted by Gasteiger charge is 2.46. The van der Waals surface area contributed by atoms with E-state index in [2.05, 4.69) is 5.32 Å². The van der Waals surface area contributed by atoms with Crippen LogP contribution < -0.4 is 5.32 Å². The Morgan fingerprint density at radius 3 is 2.35 bits per heavy atom. The Balaban J connectivity index is 3.00. The molecule has 6 heteroatoms. The van der Waals surface area contributed by atoms with Gasteiger partial charge in [0.2, 0.25) is 11.8 Å². The molecule has 1 aliphatic heterocycles. The first-order valence-electron chi connectivity index (χ1n) is 6.89. The van der Waals surface area contributed by atoms with Crippen LogP contribution in [-0.4, -0.2) is 61.8 Å². The summed E-state index contributed by atoms with van der Waals surface area (Å²) in [4.78, 5) is 26.5. The smallest absolute Gasteiger partial charge is 0.248 e. The van der Waals surface area contributed by atoms with E-state index >= 15 is 0 Å². The van der Waals surface area contributed by atoms with Crippen molar-refractivity contribution in [3.05, 3.63) is 0 Å². The second-order valence-corrected chi connectivity index (χ2v) is 6.07. The van der Waals surface area contributed by atoms with Crippen LogP contribution in [0.25, 0.3) is 0 Å². The van der Waals surface area contributed by atoms with Gasteiger partial charge in [0.25, 0.3) is 0 Å². The quantitative estimate of drug-likeness (QED) is 0.768. The molecule has 1 rings (SSSR count). The van der Waals surface area contributed by atoms with Gasteiger partial charge >= 0.3 is 0 Å². The fourth-order valence-corrected chi connectivity index (χ4v) is 2.52. The Kier molecular flexibility index (Phi) is 5.53. The van der Waals surface area contributed by atoms with Gasteiger partial charge in [-0.25, -0.2) is 0 Å². The van der Waals surface area contributed by atoms with Crippen molar-refractivity contribution < 1.29 is 19.1 Å². The van der Waals surface area contributed by atoms with Gasteiger partial charge in [0.15, 0.2) is 0 Å². The molecular weight excluding hydrogens is 260 g/mol. The van der Waals surface area contributed by atoms with E-state index in [0.717, 1.165) is 0 Å². The Hall–Kier alpha value is -1.14. The lowest BCUT2D eigenvalue weighted by Crippen LogP contribution is -2.70. The highest BCUT2D eigenvalue weighted by Crippen LogP contribution is 2.23. The molecule has 0 radical (unpaired) electrons. The zero-order valence-electron chi connectivity index (χ0n) is 13.2. The lowest BCUT2D eigenvalue weighted by Gasteiger charge is -2.45. The molecule has 2 amide bonds. The molecule has 1 saturated heterocycles. The molecule has 1 N–H and O–H groups in total. The second-order valence-electron chi connectivity index (χ2n) is 6.07. The van der Waals surface area contributed by atoms with Crippen molar-refractivity contribution >= 4 is 11.8 Å². The van der Waals surface area contributed by atoms with Crippen molar-refractivity contribution in [1.82, 2.24) is 10.2 Å². The normalized spacial score (nSPS) is 23.9. The summed E-state index contributed by atoms with van der Waals surface area (Å²) in [6.07, 6.45) is -0.244. The largest absolute Gasteiger partial charge is 0.382 e. The number of amides is 2. The van der Waals surface area contributed by atoms with E-state index < -0.39 is 11.6 Å². The van der Waals surface area contributed by atoms with Gasteiger partial charge in [0.1, 0.15) is 11.6 Å². The predicted octanol–water partition coefficient (Wildman–Crippen LogP) is 0.409. The lowest BCUT2D eigenvalue weighted by molar-refractivity contribution is -0.158. The van der Waals surface area contributed by atoms with Crippen molar-refractivity contribution in [3.63, 3.8) is 0 Å². The van der Waals surface area contributed by atoms with E-state index in [9.17, 15) is 9.59 Å². The molecule has 0 saturated carbocycles. The molecule has 2 unspecified atom stereocenters. The molecular formula is C14H26N2O4. The van der Waals surface area contributed by atoms with Crippen LogP contribution in [0.5, 0.6) is 0 Å². The number of carbonyl (C=O) groups is 2. The van der Waals surface area contributed by atoms with Crippen LogP contribution in [0.4, 0.5) is 0 Å². The van der Waals surface area contributed by atoms with E-state index in [1.54, 1.807) is 33.0 Å². The lowest BCUT2D eigenvalue weighted by atomic mass is 9.91. The maximum atomic E-state index is 12.6. The summed E-state index contributed by atoms with van der Waals surface area (Å²) in [7, 11) is 3.16. The van der Waals surface area contributed by atoms with Gasteiger partial charge in [0.05, 0.1) is 19.3 Å². The Morgan fingerprint density at radius 2 is 1.90 bits per heavy atom. The minimum absolute atomic E-state index is 0.0371. The monoisotopic (exact) mass is 286 g/mol. The van der Waals surface area contributed by atoms with Crippen molar-refractivity contribution in [2.24, 2.45) is 5.92 Å². The number of hydrogen-bond donors (Lipinski definition) is 1. The molecule has 0 bridgehead atoms. The summed E-state index contributed by atoms with van der Waals surface area (Å²) in [5.74, 6) is -0.166. The van der Waals surface area contributed by atoms with Crippen LogP contribution in [0.3, 0.4) is 0 Å². The zero-order chi connectivity index (χ0) is 15.5. The summed E-state index contributed by atoms with van der Waals surface area (Å²) < 4.78 is 10.4. The highest BCUT2D eigenvalue weighted by molar-refractivity contribution is 5.99.